The molecule has 1 aromatic carbocycles. The molecule has 0 saturated heterocycles. The lowest BCUT2D eigenvalue weighted by Gasteiger charge is -2.09. The molecule has 0 saturated carbocycles. The summed E-state index contributed by atoms with van der Waals surface area (Å²) >= 11 is 0. The molecule has 2 aromatic heterocycles. The van der Waals surface area contributed by atoms with Crippen molar-refractivity contribution in [3.05, 3.63) is 67.0 Å². The predicted molar refractivity (Wildman–Crippen MR) is 87.8 cm³/mol. The molecule has 0 aliphatic carbocycles. The number of carbonyl (C=O) groups excluding carboxylic acids is 1. The third kappa shape index (κ3) is 4.39. The lowest BCUT2D eigenvalue weighted by Crippen LogP contribution is -2.30. The molecular weight excluding hydrogens is 306 g/mol. The van der Waals surface area contributed by atoms with Crippen molar-refractivity contribution in [1.29, 1.82) is 0 Å². The van der Waals surface area contributed by atoms with Crippen LogP contribution in [0.5, 0.6) is 5.75 Å². The van der Waals surface area contributed by atoms with Crippen LogP contribution in [0.25, 0.3) is 5.69 Å². The quantitative estimate of drug-likeness (QED) is 0.711. The summed E-state index contributed by atoms with van der Waals surface area (Å²) in [7, 11) is 0. The van der Waals surface area contributed by atoms with Crippen molar-refractivity contribution in [2.24, 2.45) is 0 Å². The van der Waals surface area contributed by atoms with Crippen LogP contribution in [0.15, 0.2) is 61.4 Å². The summed E-state index contributed by atoms with van der Waals surface area (Å²) in [6, 6.07) is 11.3. The van der Waals surface area contributed by atoms with Crippen molar-refractivity contribution < 1.29 is 9.53 Å². The highest BCUT2D eigenvalue weighted by Gasteiger charge is 2.04. The zero-order valence-corrected chi connectivity index (χ0v) is 13.0. The Labute approximate surface area is 139 Å². The van der Waals surface area contributed by atoms with Crippen molar-refractivity contribution in [2.45, 2.75) is 6.42 Å². The SMILES string of the molecule is O=C(COc1cccc(-n2cnnc2)c1)NCCc1ccncc1. The summed E-state index contributed by atoms with van der Waals surface area (Å²) in [6.07, 6.45) is 7.44. The van der Waals surface area contributed by atoms with Crippen molar-refractivity contribution >= 4 is 5.91 Å². The number of nitrogens with zero attached hydrogens (tertiary/aromatic N) is 4. The maximum Gasteiger partial charge on any atom is 0.257 e. The number of hydrogen-bond acceptors (Lipinski definition) is 5. The summed E-state index contributed by atoms with van der Waals surface area (Å²) in [5.74, 6) is 0.462. The van der Waals surface area contributed by atoms with E-state index in [-0.39, 0.29) is 12.5 Å². The van der Waals surface area contributed by atoms with Gasteiger partial charge in [0.25, 0.3) is 5.91 Å². The van der Waals surface area contributed by atoms with Gasteiger partial charge in [0.15, 0.2) is 6.61 Å². The standard InChI is InChI=1S/C17H17N5O2/c23-17(19-9-6-14-4-7-18-8-5-14)11-24-16-3-1-2-15(10-16)22-12-20-21-13-22/h1-5,7-8,10,12-13H,6,9,11H2,(H,19,23). The molecule has 7 heteroatoms. The Kier molecular flexibility index (Phi) is 5.14. The number of aromatic nitrogens is 4. The Morgan fingerprint density at radius 2 is 1.92 bits per heavy atom. The van der Waals surface area contributed by atoms with E-state index in [0.29, 0.717) is 12.3 Å². The molecule has 2 heterocycles. The van der Waals surface area contributed by atoms with Crippen LogP contribution >= 0.6 is 0 Å². The fourth-order valence-electron chi connectivity index (χ4n) is 2.16. The highest BCUT2D eigenvalue weighted by molar-refractivity contribution is 5.77. The van der Waals surface area contributed by atoms with Crippen molar-refractivity contribution in [2.75, 3.05) is 13.2 Å². The molecule has 3 rings (SSSR count). The average Bonchev–Trinajstić information content (AvgIpc) is 3.16. The predicted octanol–water partition coefficient (Wildman–Crippen LogP) is 1.40. The first-order valence-corrected chi connectivity index (χ1v) is 7.55. The molecule has 0 spiro atoms. The van der Waals surface area contributed by atoms with E-state index in [4.69, 9.17) is 4.74 Å². The minimum Gasteiger partial charge on any atom is -0.484 e. The second kappa shape index (κ2) is 7.87. The van der Waals surface area contributed by atoms with Gasteiger partial charge in [0.2, 0.25) is 0 Å². The number of rotatable bonds is 7. The average molecular weight is 323 g/mol. The number of benzene rings is 1. The fourth-order valence-corrected chi connectivity index (χ4v) is 2.16. The van der Waals surface area contributed by atoms with Gasteiger partial charge in [-0.3, -0.25) is 14.3 Å². The van der Waals surface area contributed by atoms with E-state index in [1.807, 2.05) is 30.3 Å². The van der Waals surface area contributed by atoms with Crippen LogP contribution in [-0.4, -0.2) is 38.8 Å². The zero-order valence-electron chi connectivity index (χ0n) is 13.0. The van der Waals surface area contributed by atoms with Gasteiger partial charge in [-0.15, -0.1) is 10.2 Å². The molecule has 0 atom stereocenters. The second-order valence-electron chi connectivity index (χ2n) is 5.11. The Morgan fingerprint density at radius 1 is 1.12 bits per heavy atom. The second-order valence-corrected chi connectivity index (χ2v) is 5.11. The van der Waals surface area contributed by atoms with E-state index in [1.165, 1.54) is 0 Å². The number of carbonyl (C=O) groups is 1. The van der Waals surface area contributed by atoms with Crippen LogP contribution in [-0.2, 0) is 11.2 Å². The number of pyridine rings is 1. The third-order valence-electron chi connectivity index (χ3n) is 3.39. The van der Waals surface area contributed by atoms with Gasteiger partial charge in [0.1, 0.15) is 18.4 Å². The van der Waals surface area contributed by atoms with Crippen LogP contribution in [0.1, 0.15) is 5.56 Å². The number of hydrogen-bond donors (Lipinski definition) is 1. The van der Waals surface area contributed by atoms with Gasteiger partial charge in [0, 0.05) is 25.0 Å². The molecule has 0 bridgehead atoms. The molecule has 0 aliphatic heterocycles. The molecule has 1 amide bonds. The number of ether oxygens (including phenoxy) is 1. The Hall–Kier alpha value is -3.22. The molecular formula is C17H17N5O2. The molecule has 0 fully saturated rings. The van der Waals surface area contributed by atoms with Crippen molar-refractivity contribution in [3.8, 4) is 11.4 Å². The third-order valence-corrected chi connectivity index (χ3v) is 3.39. The zero-order chi connectivity index (χ0) is 16.6. The van der Waals surface area contributed by atoms with Crippen molar-refractivity contribution in [3.63, 3.8) is 0 Å². The normalized spacial score (nSPS) is 10.3. The summed E-state index contributed by atoms with van der Waals surface area (Å²) in [6.45, 7) is 0.537. The van der Waals surface area contributed by atoms with Gasteiger partial charge < -0.3 is 10.1 Å². The van der Waals surface area contributed by atoms with E-state index < -0.39 is 0 Å². The van der Waals surface area contributed by atoms with Gasteiger partial charge >= 0.3 is 0 Å². The Bertz CT molecular complexity index is 775. The topological polar surface area (TPSA) is 81.9 Å². The largest absolute Gasteiger partial charge is 0.484 e. The van der Waals surface area contributed by atoms with Gasteiger partial charge in [-0.2, -0.15) is 0 Å². The summed E-state index contributed by atoms with van der Waals surface area (Å²) in [5, 5.41) is 10.4. The Morgan fingerprint density at radius 3 is 2.71 bits per heavy atom. The molecule has 0 unspecified atom stereocenters. The van der Waals surface area contributed by atoms with E-state index in [2.05, 4.69) is 20.5 Å². The summed E-state index contributed by atoms with van der Waals surface area (Å²) in [4.78, 5) is 15.8. The van der Waals surface area contributed by atoms with Gasteiger partial charge in [-0.25, -0.2) is 0 Å². The number of nitrogens with one attached hydrogen (secondary N) is 1. The summed E-state index contributed by atoms with van der Waals surface area (Å²) in [5.41, 5.74) is 2.00. The minimum atomic E-state index is -0.154. The van der Waals surface area contributed by atoms with E-state index >= 15 is 0 Å². The van der Waals surface area contributed by atoms with Crippen LogP contribution in [0.4, 0.5) is 0 Å². The van der Waals surface area contributed by atoms with Crippen LogP contribution in [0.3, 0.4) is 0 Å². The Balaban J connectivity index is 1.45. The first-order chi connectivity index (χ1) is 11.8. The maximum atomic E-state index is 11.8. The van der Waals surface area contributed by atoms with Crippen LogP contribution in [0.2, 0.25) is 0 Å². The smallest absolute Gasteiger partial charge is 0.257 e. The minimum absolute atomic E-state index is 0.0258. The highest BCUT2D eigenvalue weighted by Crippen LogP contribution is 2.16. The van der Waals surface area contributed by atoms with Crippen LogP contribution in [0, 0.1) is 0 Å². The molecule has 3 aromatic rings. The van der Waals surface area contributed by atoms with Gasteiger partial charge in [0.05, 0.1) is 5.69 Å². The summed E-state index contributed by atoms with van der Waals surface area (Å²) < 4.78 is 7.30. The van der Waals surface area contributed by atoms with E-state index in [9.17, 15) is 4.79 Å². The monoisotopic (exact) mass is 323 g/mol. The lowest BCUT2D eigenvalue weighted by atomic mass is 10.2. The molecule has 7 nitrogen and oxygen atoms in total. The maximum absolute atomic E-state index is 11.8. The molecule has 1 N–H and O–H groups in total. The highest BCUT2D eigenvalue weighted by atomic mass is 16.5. The number of amides is 1. The first kappa shape index (κ1) is 15.7. The lowest BCUT2D eigenvalue weighted by molar-refractivity contribution is -0.123. The van der Waals surface area contributed by atoms with Gasteiger partial charge in [-0.05, 0) is 36.2 Å². The fraction of sp³-hybridized carbons (Fsp3) is 0.176. The van der Waals surface area contributed by atoms with E-state index in [0.717, 1.165) is 17.7 Å². The van der Waals surface area contributed by atoms with E-state index in [1.54, 1.807) is 35.7 Å². The molecule has 122 valence electrons. The molecule has 0 radical (unpaired) electrons. The molecule has 0 aliphatic rings. The van der Waals surface area contributed by atoms with Gasteiger partial charge in [-0.1, -0.05) is 6.07 Å². The molecule has 24 heavy (non-hydrogen) atoms. The van der Waals surface area contributed by atoms with Crippen molar-refractivity contribution in [1.82, 2.24) is 25.1 Å². The van der Waals surface area contributed by atoms with Crippen LogP contribution < -0.4 is 10.1 Å². The first-order valence-electron chi connectivity index (χ1n) is 7.55.